The zero-order chi connectivity index (χ0) is 13.0. The largest absolute Gasteiger partial charge is 0.508 e. The van der Waals surface area contributed by atoms with E-state index >= 15 is 0 Å². The molecule has 4 heteroatoms. The van der Waals surface area contributed by atoms with Crippen LogP contribution < -0.4 is 11.1 Å². The van der Waals surface area contributed by atoms with Gasteiger partial charge in [0.15, 0.2) is 0 Å². The number of hydrogen-bond donors (Lipinski definition) is 3. The van der Waals surface area contributed by atoms with Gasteiger partial charge in [-0.2, -0.15) is 0 Å². The summed E-state index contributed by atoms with van der Waals surface area (Å²) in [7, 11) is 0. The highest BCUT2D eigenvalue weighted by atomic mass is 16.3. The summed E-state index contributed by atoms with van der Waals surface area (Å²) in [5.74, 6) is 1.07. The molecule has 2 rings (SSSR count). The van der Waals surface area contributed by atoms with Crippen LogP contribution in [0.25, 0.3) is 10.8 Å². The summed E-state index contributed by atoms with van der Waals surface area (Å²) < 4.78 is 0. The first kappa shape index (κ1) is 12.6. The van der Waals surface area contributed by atoms with Gasteiger partial charge in [0.2, 0.25) is 0 Å². The second-order valence-corrected chi connectivity index (χ2v) is 4.61. The van der Waals surface area contributed by atoms with Gasteiger partial charge in [0.05, 0.1) is 0 Å². The van der Waals surface area contributed by atoms with E-state index in [2.05, 4.69) is 10.3 Å². The number of anilines is 1. The molecule has 0 bridgehead atoms. The first-order valence-electron chi connectivity index (χ1n) is 6.24. The van der Waals surface area contributed by atoms with Crippen LogP contribution in [0.15, 0.2) is 30.5 Å². The van der Waals surface area contributed by atoms with Crippen LogP contribution in [-0.4, -0.2) is 22.7 Å². The summed E-state index contributed by atoms with van der Waals surface area (Å²) in [4.78, 5) is 4.31. The first-order valence-corrected chi connectivity index (χ1v) is 6.24. The Morgan fingerprint density at radius 2 is 2.22 bits per heavy atom. The average Bonchev–Trinajstić information content (AvgIpc) is 2.34. The third-order valence-electron chi connectivity index (χ3n) is 2.88. The highest BCUT2D eigenvalue weighted by Crippen LogP contribution is 2.24. The van der Waals surface area contributed by atoms with Gasteiger partial charge in [0.1, 0.15) is 11.6 Å². The molecule has 1 unspecified atom stereocenters. The van der Waals surface area contributed by atoms with Gasteiger partial charge in [-0.15, -0.1) is 0 Å². The van der Waals surface area contributed by atoms with Crippen LogP contribution in [0.2, 0.25) is 0 Å². The maximum atomic E-state index is 9.53. The summed E-state index contributed by atoms with van der Waals surface area (Å²) >= 11 is 0. The number of phenolic OH excluding ortho intramolecular Hbond substituents is 1. The van der Waals surface area contributed by atoms with Crippen molar-refractivity contribution in [2.24, 2.45) is 5.73 Å². The SMILES string of the molecule is CC(N)CCCNc1nccc2ccc(O)cc12. The molecule has 0 aliphatic carbocycles. The Morgan fingerprint density at radius 1 is 1.39 bits per heavy atom. The van der Waals surface area contributed by atoms with Crippen LogP contribution in [-0.2, 0) is 0 Å². The van der Waals surface area contributed by atoms with E-state index in [0.717, 1.165) is 36.0 Å². The quantitative estimate of drug-likeness (QED) is 0.708. The third-order valence-corrected chi connectivity index (χ3v) is 2.88. The lowest BCUT2D eigenvalue weighted by Gasteiger charge is -2.10. The minimum Gasteiger partial charge on any atom is -0.508 e. The number of nitrogens with one attached hydrogen (secondary N) is 1. The number of hydrogen-bond acceptors (Lipinski definition) is 4. The first-order chi connectivity index (χ1) is 8.66. The fourth-order valence-corrected chi connectivity index (χ4v) is 1.93. The van der Waals surface area contributed by atoms with Crippen molar-refractivity contribution in [2.45, 2.75) is 25.8 Å². The Hall–Kier alpha value is -1.81. The molecule has 18 heavy (non-hydrogen) atoms. The Bertz CT molecular complexity index is 525. The van der Waals surface area contributed by atoms with Crippen molar-refractivity contribution in [2.75, 3.05) is 11.9 Å². The molecular formula is C14H19N3O. The van der Waals surface area contributed by atoms with E-state index in [1.54, 1.807) is 18.3 Å². The van der Waals surface area contributed by atoms with E-state index in [1.807, 2.05) is 19.1 Å². The van der Waals surface area contributed by atoms with Gasteiger partial charge < -0.3 is 16.2 Å². The molecule has 0 spiro atoms. The van der Waals surface area contributed by atoms with Crippen LogP contribution in [0, 0.1) is 0 Å². The van der Waals surface area contributed by atoms with E-state index in [-0.39, 0.29) is 11.8 Å². The minimum absolute atomic E-state index is 0.233. The highest BCUT2D eigenvalue weighted by Gasteiger charge is 2.03. The molecule has 1 aromatic carbocycles. The number of nitrogens with zero attached hydrogens (tertiary/aromatic N) is 1. The lowest BCUT2D eigenvalue weighted by Crippen LogP contribution is -2.16. The van der Waals surface area contributed by atoms with Crippen LogP contribution in [0.1, 0.15) is 19.8 Å². The van der Waals surface area contributed by atoms with Crippen molar-refractivity contribution in [1.29, 1.82) is 0 Å². The summed E-state index contributed by atoms with van der Waals surface area (Å²) in [6, 6.07) is 7.47. The zero-order valence-corrected chi connectivity index (χ0v) is 10.6. The summed E-state index contributed by atoms with van der Waals surface area (Å²) in [6.07, 6.45) is 3.77. The molecule has 96 valence electrons. The molecule has 1 heterocycles. The normalized spacial score (nSPS) is 12.6. The van der Waals surface area contributed by atoms with Crippen LogP contribution in [0.4, 0.5) is 5.82 Å². The van der Waals surface area contributed by atoms with Gasteiger partial charge in [0, 0.05) is 24.2 Å². The second kappa shape index (κ2) is 5.69. The molecular weight excluding hydrogens is 226 g/mol. The number of phenols is 1. The average molecular weight is 245 g/mol. The van der Waals surface area contributed by atoms with E-state index in [9.17, 15) is 5.11 Å². The number of fused-ring (bicyclic) bond motifs is 1. The van der Waals surface area contributed by atoms with Crippen molar-refractivity contribution in [3.63, 3.8) is 0 Å². The Morgan fingerprint density at radius 3 is 3.00 bits per heavy atom. The van der Waals surface area contributed by atoms with Gasteiger partial charge >= 0.3 is 0 Å². The summed E-state index contributed by atoms with van der Waals surface area (Å²) in [6.45, 7) is 2.84. The fourth-order valence-electron chi connectivity index (χ4n) is 1.93. The molecule has 0 saturated carbocycles. The predicted molar refractivity (Wildman–Crippen MR) is 74.8 cm³/mol. The molecule has 1 atom stereocenters. The lowest BCUT2D eigenvalue weighted by atomic mass is 10.1. The van der Waals surface area contributed by atoms with Gasteiger partial charge in [-0.3, -0.25) is 0 Å². The molecule has 0 aliphatic rings. The molecule has 0 amide bonds. The third kappa shape index (κ3) is 3.11. The Balaban J connectivity index is 2.10. The minimum atomic E-state index is 0.233. The standard InChI is InChI=1S/C14H19N3O/c1-10(15)3-2-7-16-14-13-9-12(18)5-4-11(13)6-8-17-14/h4-6,8-10,18H,2-3,7,15H2,1H3,(H,16,17). The molecule has 0 aliphatic heterocycles. The number of benzene rings is 1. The van der Waals surface area contributed by atoms with Gasteiger partial charge in [-0.05, 0) is 43.4 Å². The van der Waals surface area contributed by atoms with Crippen LogP contribution >= 0.6 is 0 Å². The van der Waals surface area contributed by atoms with Crippen LogP contribution in [0.3, 0.4) is 0 Å². The molecule has 1 aromatic heterocycles. The van der Waals surface area contributed by atoms with E-state index in [0.29, 0.717) is 0 Å². The molecule has 0 fully saturated rings. The molecule has 2 aromatic rings. The maximum Gasteiger partial charge on any atom is 0.133 e. The number of pyridine rings is 1. The number of rotatable bonds is 5. The van der Waals surface area contributed by atoms with Gasteiger partial charge in [-0.1, -0.05) is 6.07 Å². The van der Waals surface area contributed by atoms with Crippen molar-refractivity contribution in [3.05, 3.63) is 30.5 Å². The number of nitrogens with two attached hydrogens (primary N) is 1. The fraction of sp³-hybridized carbons (Fsp3) is 0.357. The van der Waals surface area contributed by atoms with E-state index < -0.39 is 0 Å². The molecule has 0 saturated heterocycles. The Kier molecular flexibility index (Phi) is 3.99. The maximum absolute atomic E-state index is 9.53. The smallest absolute Gasteiger partial charge is 0.133 e. The van der Waals surface area contributed by atoms with Crippen molar-refractivity contribution in [1.82, 2.24) is 4.98 Å². The summed E-state index contributed by atoms with van der Waals surface area (Å²) in [5, 5.41) is 14.8. The summed E-state index contributed by atoms with van der Waals surface area (Å²) in [5.41, 5.74) is 5.71. The lowest BCUT2D eigenvalue weighted by molar-refractivity contribution is 0.476. The van der Waals surface area contributed by atoms with Crippen LogP contribution in [0.5, 0.6) is 5.75 Å². The molecule has 4 nitrogen and oxygen atoms in total. The second-order valence-electron chi connectivity index (χ2n) is 4.61. The topological polar surface area (TPSA) is 71.2 Å². The molecule has 0 radical (unpaired) electrons. The van der Waals surface area contributed by atoms with Crippen molar-refractivity contribution >= 4 is 16.6 Å². The highest BCUT2D eigenvalue weighted by molar-refractivity contribution is 5.92. The van der Waals surface area contributed by atoms with E-state index in [1.165, 1.54) is 0 Å². The number of aromatic nitrogens is 1. The van der Waals surface area contributed by atoms with E-state index in [4.69, 9.17) is 5.73 Å². The van der Waals surface area contributed by atoms with Gasteiger partial charge in [0.25, 0.3) is 0 Å². The monoisotopic (exact) mass is 245 g/mol. The van der Waals surface area contributed by atoms with Gasteiger partial charge in [-0.25, -0.2) is 4.98 Å². The predicted octanol–water partition coefficient (Wildman–Crippen LogP) is 2.48. The van der Waals surface area contributed by atoms with Crippen molar-refractivity contribution in [3.8, 4) is 5.75 Å². The zero-order valence-electron chi connectivity index (χ0n) is 10.6. The molecule has 4 N–H and O–H groups in total. The number of aromatic hydroxyl groups is 1. The Labute approximate surface area is 107 Å². The van der Waals surface area contributed by atoms with Crippen molar-refractivity contribution < 1.29 is 5.11 Å².